The van der Waals surface area contributed by atoms with E-state index < -0.39 is 40.6 Å². The molecule has 4 N–H and O–H groups in total. The number of halogens is 3. The number of carbonyl (C=O) groups excluding carboxylic acids is 2. The van der Waals surface area contributed by atoms with Crippen molar-refractivity contribution in [2.45, 2.75) is 87.4 Å². The maximum Gasteiger partial charge on any atom is 0.434 e. The Morgan fingerprint density at radius 1 is 1.09 bits per heavy atom. The van der Waals surface area contributed by atoms with Gasteiger partial charge >= 0.3 is 5.76 Å². The molecule has 45 heavy (non-hydrogen) atoms. The van der Waals surface area contributed by atoms with Crippen LogP contribution in [0.2, 0.25) is 10.2 Å². The molecule has 1 aromatic carbocycles. The highest BCUT2D eigenvalue weighted by Crippen LogP contribution is 2.63. The topological polar surface area (TPSA) is 151 Å². The van der Waals surface area contributed by atoms with Crippen molar-refractivity contribution in [2.75, 3.05) is 11.9 Å². The van der Waals surface area contributed by atoms with Gasteiger partial charge in [0, 0.05) is 17.0 Å². The minimum atomic E-state index is -1.39. The van der Waals surface area contributed by atoms with Crippen molar-refractivity contribution in [1.82, 2.24) is 25.8 Å². The van der Waals surface area contributed by atoms with E-state index in [1.165, 1.54) is 6.07 Å². The lowest BCUT2D eigenvalue weighted by molar-refractivity contribution is -0.126. The zero-order valence-corrected chi connectivity index (χ0v) is 26.2. The summed E-state index contributed by atoms with van der Waals surface area (Å²) in [6, 6.07) is 6.69. The van der Waals surface area contributed by atoms with Gasteiger partial charge in [0.1, 0.15) is 28.3 Å². The van der Waals surface area contributed by atoms with Crippen LogP contribution in [0.4, 0.5) is 10.2 Å². The van der Waals surface area contributed by atoms with Gasteiger partial charge in [0.05, 0.1) is 23.7 Å². The van der Waals surface area contributed by atoms with E-state index in [2.05, 4.69) is 45.0 Å². The summed E-state index contributed by atoms with van der Waals surface area (Å²) in [7, 11) is 0. The van der Waals surface area contributed by atoms with Crippen LogP contribution >= 0.6 is 23.2 Å². The molecule has 0 unspecified atom stereocenters. The Morgan fingerprint density at radius 3 is 2.56 bits per heavy atom. The number of nitrogens with one attached hydrogen (secondary N) is 4. The van der Waals surface area contributed by atoms with Crippen LogP contribution in [0.3, 0.4) is 0 Å². The van der Waals surface area contributed by atoms with E-state index in [1.54, 1.807) is 24.3 Å². The third-order valence-corrected chi connectivity index (χ3v) is 10.8. The zero-order valence-electron chi connectivity index (χ0n) is 24.7. The normalized spacial score (nSPS) is 29.9. The Balaban J connectivity index is 1.30. The summed E-state index contributed by atoms with van der Waals surface area (Å²) < 4.78 is 27.0. The van der Waals surface area contributed by atoms with E-state index in [0.717, 1.165) is 12.8 Å². The number of hydrogen-bond donors (Lipinski definition) is 4. The predicted molar refractivity (Wildman–Crippen MR) is 163 cm³/mol. The fourth-order valence-electron chi connectivity index (χ4n) is 8.02. The Bertz CT molecular complexity index is 1730. The number of hydrogen-bond acceptors (Lipinski definition) is 8. The first-order valence-corrected chi connectivity index (χ1v) is 15.9. The average Bonchev–Trinajstić information content (AvgIpc) is 3.65. The Morgan fingerprint density at radius 2 is 1.87 bits per heavy atom. The lowest BCUT2D eigenvalue weighted by Gasteiger charge is -2.50. The molecule has 2 aromatic heterocycles. The Labute approximate surface area is 268 Å². The van der Waals surface area contributed by atoms with Crippen molar-refractivity contribution >= 4 is 40.8 Å². The molecule has 1 aliphatic carbocycles. The molecule has 2 saturated heterocycles. The summed E-state index contributed by atoms with van der Waals surface area (Å²) in [6.07, 6.45) is 3.16. The van der Waals surface area contributed by atoms with Gasteiger partial charge in [-0.05, 0) is 61.6 Å². The van der Waals surface area contributed by atoms with Gasteiger partial charge in [-0.15, -0.1) is 5.10 Å². The minimum Gasteiger partial charge on any atom is -0.390 e. The van der Waals surface area contributed by atoms with Crippen molar-refractivity contribution in [3.8, 4) is 0 Å². The van der Waals surface area contributed by atoms with Crippen molar-refractivity contribution in [1.29, 1.82) is 0 Å². The first kappa shape index (κ1) is 30.3. The molecule has 11 nitrogen and oxygen atoms in total. The van der Waals surface area contributed by atoms with Crippen LogP contribution in [0.15, 0.2) is 39.5 Å². The van der Waals surface area contributed by atoms with Crippen LogP contribution in [-0.4, -0.2) is 51.2 Å². The van der Waals surface area contributed by atoms with Crippen LogP contribution in [0.1, 0.15) is 81.4 Å². The molecule has 1 saturated carbocycles. The molecule has 2 amide bonds. The van der Waals surface area contributed by atoms with Crippen molar-refractivity contribution < 1.29 is 23.1 Å². The number of rotatable bonds is 4. The molecule has 238 valence electrons. The first-order valence-electron chi connectivity index (χ1n) is 15.1. The molecular weight excluding hydrogens is 626 g/mol. The minimum absolute atomic E-state index is 0.0187. The number of ether oxygens (including phenoxy) is 1. The summed E-state index contributed by atoms with van der Waals surface area (Å²) in [5.74, 6) is -2.60. The molecule has 3 aromatic rings. The highest BCUT2D eigenvalue weighted by molar-refractivity contribution is 6.31. The lowest BCUT2D eigenvalue weighted by Crippen LogP contribution is -2.61. The fourth-order valence-corrected chi connectivity index (χ4v) is 8.35. The van der Waals surface area contributed by atoms with Crippen LogP contribution < -0.4 is 21.7 Å². The highest BCUT2D eigenvalue weighted by Gasteiger charge is 2.73. The van der Waals surface area contributed by atoms with Gasteiger partial charge < -0.3 is 19.8 Å². The van der Waals surface area contributed by atoms with Crippen molar-refractivity contribution in [3.05, 3.63) is 73.9 Å². The summed E-state index contributed by atoms with van der Waals surface area (Å²) in [5.41, 5.74) is -1.53. The van der Waals surface area contributed by atoms with Gasteiger partial charge in [0.15, 0.2) is 0 Å². The van der Waals surface area contributed by atoms with E-state index in [9.17, 15) is 14.4 Å². The molecule has 3 aliphatic heterocycles. The zero-order chi connectivity index (χ0) is 31.7. The molecule has 4 aliphatic rings. The Hall–Kier alpha value is -3.32. The number of benzene rings is 1. The third-order valence-electron chi connectivity index (χ3n) is 10.3. The van der Waals surface area contributed by atoms with E-state index in [-0.39, 0.29) is 51.5 Å². The van der Waals surface area contributed by atoms with Crippen molar-refractivity contribution in [3.63, 3.8) is 0 Å². The largest absolute Gasteiger partial charge is 0.434 e. The monoisotopic (exact) mass is 658 g/mol. The molecule has 2 spiro atoms. The van der Waals surface area contributed by atoms with Gasteiger partial charge in [0.25, 0.3) is 0 Å². The second-order valence-electron chi connectivity index (χ2n) is 13.3. The van der Waals surface area contributed by atoms with E-state index in [4.69, 9.17) is 32.4 Å². The summed E-state index contributed by atoms with van der Waals surface area (Å²) in [5, 5.41) is 15.9. The lowest BCUT2D eigenvalue weighted by atomic mass is 9.53. The number of nitrogens with zero attached hydrogens (tertiary/aromatic N) is 2. The molecule has 7 rings (SSSR count). The number of H-pyrrole nitrogens is 1. The second-order valence-corrected chi connectivity index (χ2v) is 14.1. The van der Waals surface area contributed by atoms with E-state index in [0.29, 0.717) is 37.1 Å². The quantitative estimate of drug-likeness (QED) is 0.299. The number of pyridine rings is 1. The van der Waals surface area contributed by atoms with Gasteiger partial charge in [-0.1, -0.05) is 55.2 Å². The molecule has 5 atom stereocenters. The summed E-state index contributed by atoms with van der Waals surface area (Å²) in [6.45, 7) is 4.52. The van der Waals surface area contributed by atoms with Gasteiger partial charge in [-0.25, -0.2) is 19.3 Å². The molecule has 14 heteroatoms. The molecule has 3 fully saturated rings. The first-order chi connectivity index (χ1) is 21.4. The number of anilines is 1. The number of carbonyl (C=O) groups is 2. The SMILES string of the molecule is CC1(C)CCC2(CC1)N[C@@H](C(=O)N[C@@H]1CC[C@@H](c3n[nH]c(=O)o3)OC1)[C@H](c1cccc(Cl)c1F)[C@]21C(=O)Nc2nc(Cl)ccc21. The highest BCUT2D eigenvalue weighted by atomic mass is 35.5. The second kappa shape index (κ2) is 10.9. The Kier molecular flexibility index (Phi) is 7.34. The number of aromatic amines is 1. The van der Waals surface area contributed by atoms with Gasteiger partial charge in [0.2, 0.25) is 17.7 Å². The van der Waals surface area contributed by atoms with Crippen LogP contribution in [-0.2, 0) is 19.7 Å². The van der Waals surface area contributed by atoms with E-state index >= 15 is 4.39 Å². The van der Waals surface area contributed by atoms with Crippen LogP contribution in [0, 0.1) is 11.2 Å². The molecule has 5 heterocycles. The molecule has 0 bridgehead atoms. The predicted octanol–water partition coefficient (Wildman–Crippen LogP) is 4.52. The maximum atomic E-state index is 16.1. The van der Waals surface area contributed by atoms with E-state index in [1.807, 2.05) is 0 Å². The number of fused-ring (bicyclic) bond motifs is 3. The van der Waals surface area contributed by atoms with Gasteiger partial charge in [-0.3, -0.25) is 14.9 Å². The van der Waals surface area contributed by atoms with Crippen LogP contribution in [0.25, 0.3) is 0 Å². The standard InChI is InChI=1S/C31H33Cl2FN6O5/c1-29(2)10-12-30(13-11-29)31(17-7-9-20(33)36-24(17)37-27(31)42)21(16-4-3-5-18(32)22(16)34)23(38-30)25(41)35-15-6-8-19(44-14-15)26-39-40-28(43)45-26/h3-5,7,9,15,19,21,23,38H,6,8,10-14H2,1-2H3,(H,35,41)(H,40,43)(H,36,37,42)/t15-,19+,21+,23-,31-/m1/s1. The smallest absolute Gasteiger partial charge is 0.390 e. The third kappa shape index (κ3) is 4.79. The molecular formula is C31H33Cl2FN6O5. The fraction of sp³-hybridized carbons (Fsp3) is 0.516. The van der Waals surface area contributed by atoms with Crippen LogP contribution in [0.5, 0.6) is 0 Å². The molecule has 0 radical (unpaired) electrons. The summed E-state index contributed by atoms with van der Waals surface area (Å²) in [4.78, 5) is 44.7. The van der Waals surface area contributed by atoms with Gasteiger partial charge in [-0.2, -0.15) is 0 Å². The average molecular weight is 660 g/mol. The van der Waals surface area contributed by atoms with Crippen molar-refractivity contribution in [2.24, 2.45) is 5.41 Å². The maximum absolute atomic E-state index is 16.1. The number of amides is 2. The number of aromatic nitrogens is 3. The summed E-state index contributed by atoms with van der Waals surface area (Å²) >= 11 is 12.6.